The zero-order valence-corrected chi connectivity index (χ0v) is 13.3. The maximum Gasteiger partial charge on any atom is 0.196 e. The SMILES string of the molecule is O=C(c1ccc(/C=C/c2cc(O)cc(O)c2)cc1)c1ccccc1O. The van der Waals surface area contributed by atoms with Gasteiger partial charge in [-0.05, 0) is 35.4 Å². The molecule has 0 atom stereocenters. The molecule has 25 heavy (non-hydrogen) atoms. The van der Waals surface area contributed by atoms with E-state index in [0.717, 1.165) is 5.56 Å². The number of ketones is 1. The summed E-state index contributed by atoms with van der Waals surface area (Å²) in [6.07, 6.45) is 3.56. The van der Waals surface area contributed by atoms with Crippen molar-refractivity contribution in [2.24, 2.45) is 0 Å². The normalized spacial score (nSPS) is 10.9. The number of phenols is 3. The van der Waals surface area contributed by atoms with E-state index in [1.807, 2.05) is 6.08 Å². The first-order valence-electron chi connectivity index (χ1n) is 7.67. The van der Waals surface area contributed by atoms with E-state index in [-0.39, 0.29) is 28.6 Å². The number of carbonyl (C=O) groups is 1. The molecule has 0 aromatic heterocycles. The molecule has 0 radical (unpaired) electrons. The van der Waals surface area contributed by atoms with Crippen LogP contribution in [0.5, 0.6) is 17.2 Å². The van der Waals surface area contributed by atoms with Crippen LogP contribution in [0.4, 0.5) is 0 Å². The van der Waals surface area contributed by atoms with E-state index in [1.165, 1.54) is 24.3 Å². The molecule has 0 amide bonds. The summed E-state index contributed by atoms with van der Waals surface area (Å²) >= 11 is 0. The summed E-state index contributed by atoms with van der Waals surface area (Å²) in [5.74, 6) is -0.307. The number of hydrogen-bond acceptors (Lipinski definition) is 4. The largest absolute Gasteiger partial charge is 0.508 e. The van der Waals surface area contributed by atoms with Gasteiger partial charge >= 0.3 is 0 Å². The van der Waals surface area contributed by atoms with Crippen LogP contribution in [-0.4, -0.2) is 21.1 Å². The second-order valence-electron chi connectivity index (χ2n) is 5.58. The Balaban J connectivity index is 1.79. The summed E-state index contributed by atoms with van der Waals surface area (Å²) < 4.78 is 0. The van der Waals surface area contributed by atoms with E-state index < -0.39 is 0 Å². The Bertz CT molecular complexity index is 920. The predicted molar refractivity (Wildman–Crippen MR) is 96.7 cm³/mol. The van der Waals surface area contributed by atoms with E-state index in [1.54, 1.807) is 48.5 Å². The third-order valence-electron chi connectivity index (χ3n) is 3.71. The fourth-order valence-electron chi connectivity index (χ4n) is 2.47. The van der Waals surface area contributed by atoms with Crippen molar-refractivity contribution >= 4 is 17.9 Å². The lowest BCUT2D eigenvalue weighted by atomic mass is 10.0. The molecule has 0 saturated heterocycles. The summed E-state index contributed by atoms with van der Waals surface area (Å²) in [4.78, 5) is 12.4. The van der Waals surface area contributed by atoms with Crippen LogP contribution in [-0.2, 0) is 0 Å². The Morgan fingerprint density at radius 2 is 1.32 bits per heavy atom. The van der Waals surface area contributed by atoms with Crippen molar-refractivity contribution in [3.63, 3.8) is 0 Å². The van der Waals surface area contributed by atoms with Gasteiger partial charge in [0.2, 0.25) is 0 Å². The molecule has 0 spiro atoms. The number of rotatable bonds is 4. The van der Waals surface area contributed by atoms with Gasteiger partial charge in [-0.15, -0.1) is 0 Å². The molecule has 0 heterocycles. The van der Waals surface area contributed by atoms with Crippen molar-refractivity contribution in [2.75, 3.05) is 0 Å². The van der Waals surface area contributed by atoms with Crippen molar-refractivity contribution in [2.45, 2.75) is 0 Å². The monoisotopic (exact) mass is 332 g/mol. The van der Waals surface area contributed by atoms with Gasteiger partial charge in [-0.2, -0.15) is 0 Å². The van der Waals surface area contributed by atoms with Crippen LogP contribution >= 0.6 is 0 Å². The van der Waals surface area contributed by atoms with Crippen LogP contribution in [0.15, 0.2) is 66.7 Å². The molecule has 0 aliphatic carbocycles. The molecule has 0 fully saturated rings. The molecular weight excluding hydrogens is 316 g/mol. The highest BCUT2D eigenvalue weighted by atomic mass is 16.3. The molecule has 0 aliphatic rings. The summed E-state index contributed by atoms with van der Waals surface area (Å²) in [7, 11) is 0. The van der Waals surface area contributed by atoms with Crippen LogP contribution in [0.3, 0.4) is 0 Å². The van der Waals surface area contributed by atoms with Gasteiger partial charge < -0.3 is 15.3 Å². The third kappa shape index (κ3) is 3.87. The number of para-hydroxylation sites is 1. The highest BCUT2D eigenvalue weighted by Gasteiger charge is 2.12. The first-order valence-corrected chi connectivity index (χ1v) is 7.67. The smallest absolute Gasteiger partial charge is 0.196 e. The van der Waals surface area contributed by atoms with E-state index in [0.29, 0.717) is 11.1 Å². The lowest BCUT2D eigenvalue weighted by Gasteiger charge is -2.04. The van der Waals surface area contributed by atoms with Crippen LogP contribution in [0, 0.1) is 0 Å². The number of benzene rings is 3. The van der Waals surface area contributed by atoms with Gasteiger partial charge in [0.05, 0.1) is 5.56 Å². The van der Waals surface area contributed by atoms with Crippen molar-refractivity contribution in [3.05, 3.63) is 89.0 Å². The van der Waals surface area contributed by atoms with Gasteiger partial charge in [0.1, 0.15) is 17.2 Å². The molecule has 124 valence electrons. The van der Waals surface area contributed by atoms with E-state index >= 15 is 0 Å². The lowest BCUT2D eigenvalue weighted by Crippen LogP contribution is -2.01. The standard InChI is InChI=1S/C21H16O4/c22-17-11-15(12-18(23)13-17)6-5-14-7-9-16(10-8-14)21(25)19-3-1-2-4-20(19)24/h1-13,22-24H/b6-5+. The molecule has 3 rings (SSSR count). The molecule has 4 nitrogen and oxygen atoms in total. The Labute approximate surface area is 144 Å². The zero-order valence-electron chi connectivity index (χ0n) is 13.3. The Morgan fingerprint density at radius 3 is 1.96 bits per heavy atom. The second-order valence-corrected chi connectivity index (χ2v) is 5.58. The van der Waals surface area contributed by atoms with Gasteiger partial charge in [0.25, 0.3) is 0 Å². The van der Waals surface area contributed by atoms with Crippen molar-refractivity contribution in [3.8, 4) is 17.2 Å². The van der Waals surface area contributed by atoms with Crippen LogP contribution in [0.25, 0.3) is 12.2 Å². The van der Waals surface area contributed by atoms with Gasteiger partial charge in [-0.1, -0.05) is 48.6 Å². The first-order chi connectivity index (χ1) is 12.0. The lowest BCUT2D eigenvalue weighted by molar-refractivity contribution is 0.103. The number of phenolic OH excluding ortho intramolecular Hbond substituents is 3. The highest BCUT2D eigenvalue weighted by molar-refractivity contribution is 6.10. The first kappa shape index (κ1) is 16.3. The Hall–Kier alpha value is -3.53. The number of hydrogen-bond donors (Lipinski definition) is 3. The maximum absolute atomic E-state index is 12.4. The van der Waals surface area contributed by atoms with Crippen LogP contribution in [0.2, 0.25) is 0 Å². The highest BCUT2D eigenvalue weighted by Crippen LogP contribution is 2.23. The molecule has 3 aromatic rings. The molecule has 3 N–H and O–H groups in total. The van der Waals surface area contributed by atoms with Crippen LogP contribution < -0.4 is 0 Å². The molecule has 0 saturated carbocycles. The van der Waals surface area contributed by atoms with Crippen molar-refractivity contribution in [1.82, 2.24) is 0 Å². The molecule has 3 aromatic carbocycles. The van der Waals surface area contributed by atoms with Gasteiger partial charge in [0, 0.05) is 11.6 Å². The average Bonchev–Trinajstić information content (AvgIpc) is 2.59. The van der Waals surface area contributed by atoms with Gasteiger partial charge in [0.15, 0.2) is 5.78 Å². The fraction of sp³-hybridized carbons (Fsp3) is 0. The number of carbonyl (C=O) groups excluding carboxylic acids is 1. The maximum atomic E-state index is 12.4. The van der Waals surface area contributed by atoms with Crippen molar-refractivity contribution in [1.29, 1.82) is 0 Å². The fourth-order valence-corrected chi connectivity index (χ4v) is 2.47. The van der Waals surface area contributed by atoms with Crippen molar-refractivity contribution < 1.29 is 20.1 Å². The Kier molecular flexibility index (Phi) is 4.53. The van der Waals surface area contributed by atoms with E-state index in [2.05, 4.69) is 0 Å². The second kappa shape index (κ2) is 6.93. The topological polar surface area (TPSA) is 77.8 Å². The quantitative estimate of drug-likeness (QED) is 0.494. The molecular formula is C21H16O4. The average molecular weight is 332 g/mol. The Morgan fingerprint density at radius 1 is 0.720 bits per heavy atom. The molecule has 0 bridgehead atoms. The number of aromatic hydroxyl groups is 3. The van der Waals surface area contributed by atoms with Gasteiger partial charge in [-0.25, -0.2) is 0 Å². The van der Waals surface area contributed by atoms with E-state index in [4.69, 9.17) is 0 Å². The molecule has 4 heteroatoms. The predicted octanol–water partition coefficient (Wildman–Crippen LogP) is 4.20. The summed E-state index contributed by atoms with van der Waals surface area (Å²) in [6.45, 7) is 0. The minimum absolute atomic E-state index is 0.0109. The zero-order chi connectivity index (χ0) is 17.8. The van der Waals surface area contributed by atoms with Gasteiger partial charge in [-0.3, -0.25) is 4.79 Å². The summed E-state index contributed by atoms with van der Waals surface area (Å²) in [6, 6.07) is 17.7. The van der Waals surface area contributed by atoms with Crippen LogP contribution in [0.1, 0.15) is 27.0 Å². The summed E-state index contributed by atoms with van der Waals surface area (Å²) in [5, 5.41) is 28.7. The minimum atomic E-state index is -0.244. The molecule has 0 aliphatic heterocycles. The third-order valence-corrected chi connectivity index (χ3v) is 3.71. The molecule has 0 unspecified atom stereocenters. The van der Waals surface area contributed by atoms with E-state index in [9.17, 15) is 20.1 Å². The summed E-state index contributed by atoms with van der Waals surface area (Å²) in [5.41, 5.74) is 2.26. The minimum Gasteiger partial charge on any atom is -0.508 e.